The third kappa shape index (κ3) is 1.81. The van der Waals surface area contributed by atoms with E-state index in [1.807, 2.05) is 61.7 Å². The van der Waals surface area contributed by atoms with Gasteiger partial charge in [-0.2, -0.15) is 0 Å². The van der Waals surface area contributed by atoms with Crippen LogP contribution in [0.2, 0.25) is 0 Å². The maximum absolute atomic E-state index is 12.7. The van der Waals surface area contributed by atoms with Crippen molar-refractivity contribution >= 4 is 16.8 Å². The molecule has 108 valence electrons. The molecule has 6 heteroatoms. The summed E-state index contributed by atoms with van der Waals surface area (Å²) in [5.74, 6) is 0. The van der Waals surface area contributed by atoms with Crippen LogP contribution in [-0.2, 0) is 0 Å². The highest BCUT2D eigenvalue weighted by Crippen LogP contribution is 2.15. The van der Waals surface area contributed by atoms with Gasteiger partial charge in [-0.15, -0.1) is 5.10 Å². The van der Waals surface area contributed by atoms with E-state index in [1.54, 1.807) is 4.40 Å². The molecule has 0 saturated carbocycles. The number of pyridine rings is 1. The van der Waals surface area contributed by atoms with Gasteiger partial charge in [-0.3, -0.25) is 9.20 Å². The zero-order valence-corrected chi connectivity index (χ0v) is 11.9. The third-order valence-corrected chi connectivity index (χ3v) is 3.80. The van der Waals surface area contributed by atoms with Crippen LogP contribution < -0.4 is 5.56 Å². The fraction of sp³-hybridized carbons (Fsp3) is 0.125. The summed E-state index contributed by atoms with van der Waals surface area (Å²) in [5.41, 5.74) is 2.28. The molecular formula is C16H13N5O. The molecule has 4 rings (SSSR count). The van der Waals surface area contributed by atoms with Crippen molar-refractivity contribution in [2.45, 2.75) is 13.0 Å². The van der Waals surface area contributed by atoms with E-state index in [0.29, 0.717) is 16.8 Å². The predicted molar refractivity (Wildman–Crippen MR) is 82.8 cm³/mol. The van der Waals surface area contributed by atoms with Crippen LogP contribution in [0.15, 0.2) is 59.5 Å². The Labute approximate surface area is 125 Å². The molecule has 0 radical (unpaired) electrons. The number of fused-ring (bicyclic) bond motifs is 3. The normalized spacial score (nSPS) is 12.8. The molecule has 1 aromatic carbocycles. The Kier molecular flexibility index (Phi) is 2.75. The van der Waals surface area contributed by atoms with Crippen molar-refractivity contribution in [3.63, 3.8) is 0 Å². The first-order chi connectivity index (χ1) is 10.8. The standard InChI is InChI=1S/C16H13N5O/c1-11(12-7-3-2-4-8-12)21-16(22)14-15(18-19-21)20-10-6-5-9-13(20)17-14/h2-11H,1H3. The van der Waals surface area contributed by atoms with E-state index in [0.717, 1.165) is 5.56 Å². The highest BCUT2D eigenvalue weighted by molar-refractivity contribution is 5.74. The molecule has 0 aliphatic heterocycles. The molecule has 0 N–H and O–H groups in total. The summed E-state index contributed by atoms with van der Waals surface area (Å²) in [4.78, 5) is 17.1. The molecule has 0 fully saturated rings. The number of rotatable bonds is 2. The van der Waals surface area contributed by atoms with Crippen molar-refractivity contribution in [2.24, 2.45) is 0 Å². The first kappa shape index (κ1) is 12.7. The number of nitrogens with zero attached hydrogens (tertiary/aromatic N) is 5. The van der Waals surface area contributed by atoms with E-state index < -0.39 is 0 Å². The molecule has 3 aromatic heterocycles. The lowest BCUT2D eigenvalue weighted by atomic mass is 10.1. The highest BCUT2D eigenvalue weighted by atomic mass is 16.1. The Balaban J connectivity index is 1.95. The van der Waals surface area contributed by atoms with Gasteiger partial charge in [0, 0.05) is 6.20 Å². The molecule has 0 bridgehead atoms. The fourth-order valence-electron chi connectivity index (χ4n) is 2.59. The van der Waals surface area contributed by atoms with Gasteiger partial charge in [-0.25, -0.2) is 9.67 Å². The van der Waals surface area contributed by atoms with Gasteiger partial charge in [0.05, 0.1) is 6.04 Å². The molecule has 0 aliphatic carbocycles. The summed E-state index contributed by atoms with van der Waals surface area (Å²) in [6.07, 6.45) is 1.82. The van der Waals surface area contributed by atoms with Gasteiger partial charge in [0.1, 0.15) is 5.65 Å². The van der Waals surface area contributed by atoms with Gasteiger partial charge in [-0.1, -0.05) is 41.6 Å². The highest BCUT2D eigenvalue weighted by Gasteiger charge is 2.16. The van der Waals surface area contributed by atoms with E-state index in [4.69, 9.17) is 0 Å². The molecule has 0 aliphatic rings. The lowest BCUT2D eigenvalue weighted by molar-refractivity contribution is 0.506. The summed E-state index contributed by atoms with van der Waals surface area (Å²) in [6, 6.07) is 15.1. The van der Waals surface area contributed by atoms with E-state index in [1.165, 1.54) is 4.68 Å². The summed E-state index contributed by atoms with van der Waals surface area (Å²) in [5, 5.41) is 8.29. The Morgan fingerprint density at radius 3 is 2.64 bits per heavy atom. The zero-order valence-electron chi connectivity index (χ0n) is 11.9. The molecule has 0 saturated heterocycles. The van der Waals surface area contributed by atoms with E-state index in [-0.39, 0.29) is 11.6 Å². The summed E-state index contributed by atoms with van der Waals surface area (Å²) in [6.45, 7) is 1.92. The van der Waals surface area contributed by atoms with E-state index in [9.17, 15) is 4.79 Å². The van der Waals surface area contributed by atoms with Crippen molar-refractivity contribution in [3.05, 3.63) is 70.6 Å². The molecular weight excluding hydrogens is 278 g/mol. The number of hydrogen-bond donors (Lipinski definition) is 0. The van der Waals surface area contributed by atoms with Crippen LogP contribution in [0.25, 0.3) is 16.8 Å². The monoisotopic (exact) mass is 291 g/mol. The van der Waals surface area contributed by atoms with Crippen LogP contribution in [0.1, 0.15) is 18.5 Å². The molecule has 1 unspecified atom stereocenters. The van der Waals surface area contributed by atoms with Crippen LogP contribution in [0, 0.1) is 0 Å². The molecule has 0 amide bonds. The molecule has 3 heterocycles. The second kappa shape index (κ2) is 4.77. The van der Waals surface area contributed by atoms with Gasteiger partial charge in [0.15, 0.2) is 11.2 Å². The summed E-state index contributed by atoms with van der Waals surface area (Å²) >= 11 is 0. The minimum absolute atomic E-state index is 0.199. The Bertz CT molecular complexity index is 1020. The van der Waals surface area contributed by atoms with Crippen LogP contribution in [0.5, 0.6) is 0 Å². The van der Waals surface area contributed by atoms with Crippen molar-refractivity contribution in [3.8, 4) is 0 Å². The van der Waals surface area contributed by atoms with Crippen molar-refractivity contribution in [2.75, 3.05) is 0 Å². The topological polar surface area (TPSA) is 65.1 Å². The van der Waals surface area contributed by atoms with Crippen LogP contribution in [-0.4, -0.2) is 24.4 Å². The number of hydrogen-bond acceptors (Lipinski definition) is 4. The lowest BCUT2D eigenvalue weighted by Gasteiger charge is -2.12. The second-order valence-electron chi connectivity index (χ2n) is 5.14. The minimum atomic E-state index is -0.231. The number of benzene rings is 1. The predicted octanol–water partition coefficient (Wildman–Crippen LogP) is 2.05. The van der Waals surface area contributed by atoms with Crippen LogP contribution in [0.4, 0.5) is 0 Å². The average molecular weight is 291 g/mol. The molecule has 1 atom stereocenters. The lowest BCUT2D eigenvalue weighted by Crippen LogP contribution is -2.28. The third-order valence-electron chi connectivity index (χ3n) is 3.80. The van der Waals surface area contributed by atoms with E-state index >= 15 is 0 Å². The van der Waals surface area contributed by atoms with Crippen LogP contribution >= 0.6 is 0 Å². The first-order valence-corrected chi connectivity index (χ1v) is 7.03. The smallest absolute Gasteiger partial charge is 0.282 e. The number of aromatic nitrogens is 5. The van der Waals surface area contributed by atoms with Gasteiger partial charge in [0.25, 0.3) is 5.56 Å². The maximum Gasteiger partial charge on any atom is 0.298 e. The fourth-order valence-corrected chi connectivity index (χ4v) is 2.59. The Hall–Kier alpha value is -3.02. The van der Waals surface area contributed by atoms with E-state index in [2.05, 4.69) is 15.3 Å². The number of imidazole rings is 1. The average Bonchev–Trinajstić information content (AvgIpc) is 2.95. The zero-order chi connectivity index (χ0) is 15.1. The largest absolute Gasteiger partial charge is 0.298 e. The quantitative estimate of drug-likeness (QED) is 0.567. The maximum atomic E-state index is 12.7. The second-order valence-corrected chi connectivity index (χ2v) is 5.14. The van der Waals surface area contributed by atoms with Gasteiger partial charge < -0.3 is 0 Å². The van der Waals surface area contributed by atoms with Crippen molar-refractivity contribution in [1.29, 1.82) is 0 Å². The van der Waals surface area contributed by atoms with Crippen molar-refractivity contribution < 1.29 is 0 Å². The summed E-state index contributed by atoms with van der Waals surface area (Å²) < 4.78 is 3.14. The molecule has 22 heavy (non-hydrogen) atoms. The molecule has 6 nitrogen and oxygen atoms in total. The Morgan fingerprint density at radius 1 is 1.05 bits per heavy atom. The molecule has 0 spiro atoms. The summed E-state index contributed by atoms with van der Waals surface area (Å²) in [7, 11) is 0. The van der Waals surface area contributed by atoms with Gasteiger partial charge >= 0.3 is 0 Å². The van der Waals surface area contributed by atoms with Crippen molar-refractivity contribution in [1.82, 2.24) is 24.4 Å². The van der Waals surface area contributed by atoms with Crippen LogP contribution in [0.3, 0.4) is 0 Å². The Morgan fingerprint density at radius 2 is 1.82 bits per heavy atom. The van der Waals surface area contributed by atoms with Gasteiger partial charge in [-0.05, 0) is 24.6 Å². The first-order valence-electron chi connectivity index (χ1n) is 7.03. The SMILES string of the molecule is CC(c1ccccc1)n1nnc2c(nc3ccccn32)c1=O. The molecule has 4 aromatic rings. The minimum Gasteiger partial charge on any atom is -0.282 e. The van der Waals surface area contributed by atoms with Gasteiger partial charge in [0.2, 0.25) is 0 Å².